The number of hydrogen-bond acceptors (Lipinski definition) is 4. The number of quaternary nitrogens is 1. The highest BCUT2D eigenvalue weighted by Gasteiger charge is 2.30. The van der Waals surface area contributed by atoms with Gasteiger partial charge in [0.05, 0.1) is 18.1 Å². The molecule has 0 bridgehead atoms. The van der Waals surface area contributed by atoms with Crippen molar-refractivity contribution in [3.8, 4) is 0 Å². The summed E-state index contributed by atoms with van der Waals surface area (Å²) in [4.78, 5) is 25.9. The molecule has 0 aromatic carbocycles. The average molecular weight is 397 g/mol. The number of aromatic nitrogens is 1. The minimum absolute atomic E-state index is 0.00602. The van der Waals surface area contributed by atoms with E-state index in [2.05, 4.69) is 11.9 Å². The third kappa shape index (κ3) is 5.52. The summed E-state index contributed by atoms with van der Waals surface area (Å²) < 4.78 is 25.0. The quantitative estimate of drug-likeness (QED) is 0.442. The minimum Gasteiger partial charge on any atom is -0.347 e. The lowest BCUT2D eigenvalue weighted by molar-refractivity contribution is -0.881. The number of nitrogens with zero attached hydrogens (tertiary/aromatic N) is 1. The van der Waals surface area contributed by atoms with E-state index in [0.29, 0.717) is 25.1 Å². The van der Waals surface area contributed by atoms with Crippen LogP contribution in [0.4, 0.5) is 0 Å². The van der Waals surface area contributed by atoms with Gasteiger partial charge in [0.2, 0.25) is 5.78 Å². The maximum Gasteiger partial charge on any atom is 0.275 e. The first-order valence-electron chi connectivity index (χ1n) is 9.31. The van der Waals surface area contributed by atoms with Gasteiger partial charge in [-0.25, -0.2) is 8.42 Å². The summed E-state index contributed by atoms with van der Waals surface area (Å²) in [5.74, 6) is -0.0689. The van der Waals surface area contributed by atoms with Crippen LogP contribution in [0.5, 0.6) is 0 Å². The molecule has 1 fully saturated rings. The molecule has 1 aromatic heterocycles. The largest absolute Gasteiger partial charge is 0.347 e. The third-order valence-corrected chi connectivity index (χ3v) is 6.87. The number of allylic oxidation sites excluding steroid dienone is 1. The number of aryl methyl sites for hydroxylation is 1. The van der Waals surface area contributed by atoms with Gasteiger partial charge in [0.15, 0.2) is 16.4 Å². The van der Waals surface area contributed by atoms with Crippen LogP contribution in [0.15, 0.2) is 18.7 Å². The van der Waals surface area contributed by atoms with Crippen molar-refractivity contribution in [2.24, 2.45) is 0 Å². The molecule has 0 radical (unpaired) electrons. The van der Waals surface area contributed by atoms with Crippen LogP contribution in [-0.4, -0.2) is 61.9 Å². The predicted octanol–water partition coefficient (Wildman–Crippen LogP) is -0.318. The SMILES string of the molecule is C=CCn1c(C)cc(C(=O)C[NH+](CC)CC(=O)N[C@H]2CCS(=O)(=O)C2)c1C. The summed E-state index contributed by atoms with van der Waals surface area (Å²) in [7, 11) is -3.03. The molecular formula is C19H30N3O4S+. The molecule has 1 amide bonds. The highest BCUT2D eigenvalue weighted by molar-refractivity contribution is 7.91. The number of likely N-dealkylation sites (N-methyl/N-ethyl adjacent to an activating group) is 1. The van der Waals surface area contributed by atoms with E-state index in [1.54, 1.807) is 6.08 Å². The fourth-order valence-electron chi connectivity index (χ4n) is 3.54. The lowest BCUT2D eigenvalue weighted by Crippen LogP contribution is -3.13. The zero-order valence-corrected chi connectivity index (χ0v) is 17.2. The van der Waals surface area contributed by atoms with Crippen molar-refractivity contribution < 1.29 is 22.9 Å². The summed E-state index contributed by atoms with van der Waals surface area (Å²) in [5, 5.41) is 2.79. The molecule has 27 heavy (non-hydrogen) atoms. The molecule has 8 heteroatoms. The minimum atomic E-state index is -3.03. The van der Waals surface area contributed by atoms with Gasteiger partial charge in [-0.15, -0.1) is 6.58 Å². The van der Waals surface area contributed by atoms with Crippen molar-refractivity contribution in [2.75, 3.05) is 31.1 Å². The second-order valence-corrected chi connectivity index (χ2v) is 9.46. The summed E-state index contributed by atoms with van der Waals surface area (Å²) in [6.07, 6.45) is 2.26. The van der Waals surface area contributed by atoms with E-state index in [1.807, 2.05) is 31.4 Å². The van der Waals surface area contributed by atoms with Crippen molar-refractivity contribution in [1.29, 1.82) is 0 Å². The van der Waals surface area contributed by atoms with Gasteiger partial charge in [-0.1, -0.05) is 6.08 Å². The van der Waals surface area contributed by atoms with Gasteiger partial charge in [-0.3, -0.25) is 9.59 Å². The van der Waals surface area contributed by atoms with Gasteiger partial charge in [-0.05, 0) is 33.3 Å². The Morgan fingerprint density at radius 3 is 2.63 bits per heavy atom. The lowest BCUT2D eigenvalue weighted by Gasteiger charge is -2.18. The molecule has 2 heterocycles. The van der Waals surface area contributed by atoms with Crippen LogP contribution in [-0.2, 0) is 21.2 Å². The first-order chi connectivity index (χ1) is 12.7. The average Bonchev–Trinajstić information content (AvgIpc) is 3.07. The smallest absolute Gasteiger partial charge is 0.275 e. The lowest BCUT2D eigenvalue weighted by atomic mass is 10.1. The Labute approximate surface area is 161 Å². The van der Waals surface area contributed by atoms with Crippen LogP contribution >= 0.6 is 0 Å². The van der Waals surface area contributed by atoms with Crippen molar-refractivity contribution in [3.63, 3.8) is 0 Å². The highest BCUT2D eigenvalue weighted by atomic mass is 32.2. The van der Waals surface area contributed by atoms with Crippen LogP contribution in [0.1, 0.15) is 35.1 Å². The highest BCUT2D eigenvalue weighted by Crippen LogP contribution is 2.15. The molecule has 0 spiro atoms. The van der Waals surface area contributed by atoms with Crippen LogP contribution < -0.4 is 10.2 Å². The normalized spacial score (nSPS) is 19.6. The van der Waals surface area contributed by atoms with E-state index >= 15 is 0 Å². The summed E-state index contributed by atoms with van der Waals surface area (Å²) in [6, 6.07) is 1.58. The van der Waals surface area contributed by atoms with Gasteiger partial charge in [0, 0.05) is 29.5 Å². The standard InChI is InChI=1S/C19H29N3O4S/c1-5-8-22-14(3)10-17(15(22)4)18(23)11-21(6-2)12-19(24)20-16-7-9-27(25,26)13-16/h5,10,16H,1,6-9,11-13H2,2-4H3,(H,20,24)/p+1/t16-/m0/s1. The fourth-order valence-corrected chi connectivity index (χ4v) is 5.22. The van der Waals surface area contributed by atoms with Gasteiger partial charge in [0.1, 0.15) is 6.54 Å². The molecule has 0 aliphatic carbocycles. The van der Waals surface area contributed by atoms with Crippen molar-refractivity contribution >= 4 is 21.5 Å². The van der Waals surface area contributed by atoms with Crippen LogP contribution in [0, 0.1) is 13.8 Å². The maximum atomic E-state index is 12.7. The molecule has 2 N–H and O–H groups in total. The molecule has 2 rings (SSSR count). The Balaban J connectivity index is 1.96. The van der Waals surface area contributed by atoms with Crippen LogP contribution in [0.25, 0.3) is 0 Å². The fraction of sp³-hybridized carbons (Fsp3) is 0.579. The number of Topliss-reactive ketones (excluding diaryl/α,β-unsaturated/α-hetero) is 1. The van der Waals surface area contributed by atoms with E-state index in [9.17, 15) is 18.0 Å². The molecule has 2 atom stereocenters. The molecule has 150 valence electrons. The van der Waals surface area contributed by atoms with Crippen molar-refractivity contribution in [2.45, 2.75) is 39.8 Å². The topological polar surface area (TPSA) is 89.7 Å². The Morgan fingerprint density at radius 2 is 2.07 bits per heavy atom. The molecule has 1 unspecified atom stereocenters. The van der Waals surface area contributed by atoms with E-state index in [0.717, 1.165) is 16.3 Å². The molecule has 0 saturated carbocycles. The molecule has 1 aliphatic heterocycles. The Bertz CT molecular complexity index is 826. The number of sulfone groups is 1. The van der Waals surface area contributed by atoms with E-state index < -0.39 is 9.84 Å². The Kier molecular flexibility index (Phi) is 7.00. The first-order valence-corrected chi connectivity index (χ1v) is 11.1. The number of nitrogens with one attached hydrogen (secondary N) is 2. The van der Waals surface area contributed by atoms with E-state index in [1.165, 1.54) is 0 Å². The number of carbonyl (C=O) groups is 2. The zero-order chi connectivity index (χ0) is 20.2. The van der Waals surface area contributed by atoms with E-state index in [4.69, 9.17) is 0 Å². The Hall–Kier alpha value is -1.93. The number of hydrogen-bond donors (Lipinski definition) is 2. The predicted molar refractivity (Wildman–Crippen MR) is 105 cm³/mol. The van der Waals surface area contributed by atoms with Gasteiger partial charge in [0.25, 0.3) is 5.91 Å². The van der Waals surface area contributed by atoms with Gasteiger partial charge < -0.3 is 14.8 Å². The monoisotopic (exact) mass is 396 g/mol. The van der Waals surface area contributed by atoms with Crippen LogP contribution in [0.2, 0.25) is 0 Å². The number of ketones is 1. The number of carbonyl (C=O) groups excluding carboxylic acids is 2. The Morgan fingerprint density at radius 1 is 1.37 bits per heavy atom. The molecule has 7 nitrogen and oxygen atoms in total. The second kappa shape index (κ2) is 8.84. The maximum absolute atomic E-state index is 12.7. The van der Waals surface area contributed by atoms with Crippen LogP contribution in [0.3, 0.4) is 0 Å². The van der Waals surface area contributed by atoms with E-state index in [-0.39, 0.29) is 42.3 Å². The molecule has 1 aromatic rings. The molecular weight excluding hydrogens is 366 g/mol. The summed E-state index contributed by atoms with van der Waals surface area (Å²) >= 11 is 0. The van der Waals surface area contributed by atoms with Gasteiger partial charge in [-0.2, -0.15) is 0 Å². The molecule has 1 saturated heterocycles. The van der Waals surface area contributed by atoms with Crippen molar-refractivity contribution in [3.05, 3.63) is 35.7 Å². The van der Waals surface area contributed by atoms with Gasteiger partial charge >= 0.3 is 0 Å². The number of amides is 1. The molecule has 1 aliphatic rings. The summed E-state index contributed by atoms with van der Waals surface area (Å²) in [5.41, 5.74) is 2.60. The second-order valence-electron chi connectivity index (χ2n) is 7.23. The zero-order valence-electron chi connectivity index (χ0n) is 16.4. The third-order valence-electron chi connectivity index (χ3n) is 5.10. The first kappa shape index (κ1) is 21.4. The summed E-state index contributed by atoms with van der Waals surface area (Å²) in [6.45, 7) is 11.2. The number of rotatable bonds is 9. The van der Waals surface area contributed by atoms with Crippen molar-refractivity contribution in [1.82, 2.24) is 9.88 Å².